The summed E-state index contributed by atoms with van der Waals surface area (Å²) in [6.45, 7) is 0.298. The fourth-order valence-electron chi connectivity index (χ4n) is 1.49. The zero-order chi connectivity index (χ0) is 13.8. The number of carbonyl (C=O) groups is 1. The van der Waals surface area contributed by atoms with Crippen molar-refractivity contribution in [2.45, 2.75) is 6.42 Å². The van der Waals surface area contributed by atoms with Gasteiger partial charge in [0.1, 0.15) is 0 Å². The van der Waals surface area contributed by atoms with Crippen LogP contribution in [0.15, 0.2) is 18.2 Å². The number of benzene rings is 1. The molecule has 2 rings (SSSR count). The second kappa shape index (κ2) is 5.51. The molecule has 6 nitrogen and oxygen atoms in total. The van der Waals surface area contributed by atoms with E-state index in [-0.39, 0.29) is 5.56 Å². The van der Waals surface area contributed by atoms with Crippen LogP contribution in [0.4, 0.5) is 8.78 Å². The average molecular weight is 267 g/mol. The number of carbonyl (C=O) groups excluding carboxylic acids is 1. The Morgan fingerprint density at radius 2 is 2.16 bits per heavy atom. The largest absolute Gasteiger partial charge is 0.352 e. The first kappa shape index (κ1) is 13.1. The molecule has 1 heterocycles. The summed E-state index contributed by atoms with van der Waals surface area (Å²) in [6.07, 6.45) is 0.443. The van der Waals surface area contributed by atoms with E-state index in [4.69, 9.17) is 0 Å². The fourth-order valence-corrected chi connectivity index (χ4v) is 1.49. The van der Waals surface area contributed by atoms with Gasteiger partial charge < -0.3 is 5.32 Å². The molecule has 0 bridgehead atoms. The van der Waals surface area contributed by atoms with Crippen molar-refractivity contribution in [2.75, 3.05) is 6.54 Å². The van der Waals surface area contributed by atoms with Crippen molar-refractivity contribution >= 4 is 5.91 Å². The van der Waals surface area contributed by atoms with Crippen molar-refractivity contribution < 1.29 is 13.6 Å². The summed E-state index contributed by atoms with van der Waals surface area (Å²) in [5, 5.41) is 13.4. The molecule has 0 saturated heterocycles. The third-order valence-electron chi connectivity index (χ3n) is 2.52. The maximum atomic E-state index is 13.0. The number of rotatable bonds is 4. The van der Waals surface area contributed by atoms with Crippen LogP contribution in [-0.2, 0) is 13.5 Å². The Bertz CT molecular complexity index is 599. The minimum atomic E-state index is -1.05. The second-order valence-corrected chi connectivity index (χ2v) is 3.85. The first-order valence-corrected chi connectivity index (χ1v) is 5.52. The summed E-state index contributed by atoms with van der Waals surface area (Å²) >= 11 is 0. The van der Waals surface area contributed by atoms with E-state index in [1.54, 1.807) is 7.05 Å². The molecule has 1 aromatic heterocycles. The van der Waals surface area contributed by atoms with Gasteiger partial charge >= 0.3 is 0 Å². The van der Waals surface area contributed by atoms with E-state index in [0.29, 0.717) is 18.8 Å². The van der Waals surface area contributed by atoms with Crippen molar-refractivity contribution in [3.05, 3.63) is 41.2 Å². The quantitative estimate of drug-likeness (QED) is 0.873. The lowest BCUT2D eigenvalue weighted by atomic mass is 10.2. The van der Waals surface area contributed by atoms with Gasteiger partial charge in [0.2, 0.25) is 0 Å². The van der Waals surface area contributed by atoms with Crippen LogP contribution in [0.1, 0.15) is 16.2 Å². The Hall–Kier alpha value is -2.38. The summed E-state index contributed by atoms with van der Waals surface area (Å²) in [6, 6.07) is 2.99. The lowest BCUT2D eigenvalue weighted by molar-refractivity contribution is 0.0953. The van der Waals surface area contributed by atoms with Crippen molar-refractivity contribution in [2.24, 2.45) is 7.05 Å². The summed E-state index contributed by atoms with van der Waals surface area (Å²) in [5.74, 6) is -1.90. The SMILES string of the molecule is Cn1nnnc1CCNC(=O)c1ccc(F)c(F)c1. The highest BCUT2D eigenvalue weighted by molar-refractivity contribution is 5.94. The number of amides is 1. The van der Waals surface area contributed by atoms with Crippen LogP contribution in [0, 0.1) is 11.6 Å². The number of tetrazole rings is 1. The summed E-state index contributed by atoms with van der Waals surface area (Å²) in [7, 11) is 1.69. The van der Waals surface area contributed by atoms with Crippen LogP contribution >= 0.6 is 0 Å². The summed E-state index contributed by atoms with van der Waals surface area (Å²) < 4.78 is 27.2. The van der Waals surface area contributed by atoms with Gasteiger partial charge in [-0.25, -0.2) is 13.5 Å². The number of nitrogens with one attached hydrogen (secondary N) is 1. The standard InChI is InChI=1S/C11H11F2N5O/c1-18-10(15-16-17-18)4-5-14-11(19)7-2-3-8(12)9(13)6-7/h2-3,6H,4-5H2,1H3,(H,14,19). The molecule has 100 valence electrons. The Morgan fingerprint density at radius 3 is 2.79 bits per heavy atom. The zero-order valence-electron chi connectivity index (χ0n) is 10.1. The van der Waals surface area contributed by atoms with Gasteiger partial charge in [-0.2, -0.15) is 0 Å². The highest BCUT2D eigenvalue weighted by atomic mass is 19.2. The predicted molar refractivity (Wildman–Crippen MR) is 61.2 cm³/mol. The molecule has 2 aromatic rings. The maximum Gasteiger partial charge on any atom is 0.251 e. The smallest absolute Gasteiger partial charge is 0.251 e. The molecule has 1 amide bonds. The third kappa shape index (κ3) is 3.09. The third-order valence-corrected chi connectivity index (χ3v) is 2.52. The lowest BCUT2D eigenvalue weighted by Crippen LogP contribution is -2.26. The number of nitrogens with zero attached hydrogens (tertiary/aromatic N) is 4. The van der Waals surface area contributed by atoms with Gasteiger partial charge in [-0.1, -0.05) is 0 Å². The van der Waals surface area contributed by atoms with Crippen molar-refractivity contribution in [3.8, 4) is 0 Å². The minimum absolute atomic E-state index is 0.0648. The summed E-state index contributed by atoms with van der Waals surface area (Å²) in [4.78, 5) is 11.7. The highest BCUT2D eigenvalue weighted by Crippen LogP contribution is 2.08. The molecular weight excluding hydrogens is 256 g/mol. The predicted octanol–water partition coefficient (Wildman–Crippen LogP) is 0.461. The molecular formula is C11H11F2N5O. The van der Waals surface area contributed by atoms with Crippen LogP contribution in [0.2, 0.25) is 0 Å². The van der Waals surface area contributed by atoms with Crippen molar-refractivity contribution in [1.29, 1.82) is 0 Å². The van der Waals surface area contributed by atoms with Gasteiger partial charge in [0.15, 0.2) is 17.5 Å². The molecule has 0 aliphatic rings. The van der Waals surface area contributed by atoms with Gasteiger partial charge in [-0.15, -0.1) is 5.10 Å². The zero-order valence-corrected chi connectivity index (χ0v) is 10.1. The van der Waals surface area contributed by atoms with Crippen LogP contribution in [0.25, 0.3) is 0 Å². The molecule has 0 saturated carbocycles. The Balaban J connectivity index is 1.91. The Labute approximate surface area is 107 Å². The lowest BCUT2D eigenvalue weighted by Gasteiger charge is -2.04. The number of hydrogen-bond acceptors (Lipinski definition) is 4. The highest BCUT2D eigenvalue weighted by Gasteiger charge is 2.10. The van der Waals surface area contributed by atoms with Crippen LogP contribution in [-0.4, -0.2) is 32.7 Å². The number of halogens is 2. The Kier molecular flexibility index (Phi) is 3.79. The molecule has 0 aliphatic heterocycles. The van der Waals surface area contributed by atoms with Crippen LogP contribution in [0.3, 0.4) is 0 Å². The van der Waals surface area contributed by atoms with E-state index in [1.165, 1.54) is 10.7 Å². The van der Waals surface area contributed by atoms with Crippen LogP contribution in [0.5, 0.6) is 0 Å². The monoisotopic (exact) mass is 267 g/mol. The van der Waals surface area contributed by atoms with Gasteiger partial charge in [0.05, 0.1) is 0 Å². The van der Waals surface area contributed by atoms with E-state index in [2.05, 4.69) is 20.8 Å². The minimum Gasteiger partial charge on any atom is -0.352 e. The normalized spacial score (nSPS) is 10.5. The molecule has 0 aliphatic carbocycles. The average Bonchev–Trinajstić information content (AvgIpc) is 2.78. The van der Waals surface area contributed by atoms with Crippen LogP contribution < -0.4 is 5.32 Å². The molecule has 0 radical (unpaired) electrons. The van der Waals surface area contributed by atoms with Gasteiger partial charge in [-0.05, 0) is 28.6 Å². The topological polar surface area (TPSA) is 72.7 Å². The molecule has 0 atom stereocenters. The molecule has 8 heteroatoms. The Morgan fingerprint density at radius 1 is 1.37 bits per heavy atom. The van der Waals surface area contributed by atoms with Gasteiger partial charge in [0, 0.05) is 25.6 Å². The van der Waals surface area contributed by atoms with E-state index < -0.39 is 17.5 Å². The van der Waals surface area contributed by atoms with Gasteiger partial charge in [-0.3, -0.25) is 4.79 Å². The molecule has 0 unspecified atom stereocenters. The first-order chi connectivity index (χ1) is 9.08. The van der Waals surface area contributed by atoms with E-state index in [0.717, 1.165) is 12.1 Å². The van der Waals surface area contributed by atoms with Gasteiger partial charge in [0.25, 0.3) is 5.91 Å². The number of aryl methyl sites for hydroxylation is 1. The molecule has 1 aromatic carbocycles. The fraction of sp³-hybridized carbons (Fsp3) is 0.273. The molecule has 1 N–H and O–H groups in total. The van der Waals surface area contributed by atoms with E-state index in [9.17, 15) is 13.6 Å². The second-order valence-electron chi connectivity index (χ2n) is 3.85. The first-order valence-electron chi connectivity index (χ1n) is 5.52. The van der Waals surface area contributed by atoms with Crippen molar-refractivity contribution in [1.82, 2.24) is 25.5 Å². The van der Waals surface area contributed by atoms with E-state index in [1.807, 2.05) is 0 Å². The maximum absolute atomic E-state index is 13.0. The summed E-state index contributed by atoms with van der Waals surface area (Å²) in [5.41, 5.74) is 0.0648. The molecule has 19 heavy (non-hydrogen) atoms. The molecule has 0 spiro atoms. The molecule has 0 fully saturated rings. The number of hydrogen-bond donors (Lipinski definition) is 1. The number of aromatic nitrogens is 4. The van der Waals surface area contributed by atoms with E-state index >= 15 is 0 Å². The van der Waals surface area contributed by atoms with Crippen molar-refractivity contribution in [3.63, 3.8) is 0 Å².